The number of nitrogens with zero attached hydrogens (tertiary/aromatic N) is 4. The molecular weight excluding hydrogens is 608 g/mol. The van der Waals surface area contributed by atoms with E-state index in [1.807, 2.05) is 109 Å². The number of rotatable bonds is 6. The fourth-order valence-corrected chi connectivity index (χ4v) is 8.14. The number of benzene rings is 4. The maximum atomic E-state index is 14.6. The van der Waals surface area contributed by atoms with Crippen LogP contribution in [0.5, 0.6) is 11.5 Å². The van der Waals surface area contributed by atoms with Crippen molar-refractivity contribution in [2.24, 2.45) is 11.8 Å². The van der Waals surface area contributed by atoms with Crippen LogP contribution in [0, 0.1) is 25.7 Å². The van der Waals surface area contributed by atoms with E-state index in [4.69, 9.17) is 9.47 Å². The number of hydrazine groups is 1. The van der Waals surface area contributed by atoms with Crippen molar-refractivity contribution in [2.45, 2.75) is 38.0 Å². The van der Waals surface area contributed by atoms with Crippen molar-refractivity contribution in [1.82, 2.24) is 10.0 Å². The summed E-state index contributed by atoms with van der Waals surface area (Å²) in [6.45, 7) is 3.83. The highest BCUT2D eigenvalue weighted by Crippen LogP contribution is 2.60. The van der Waals surface area contributed by atoms with Gasteiger partial charge in [0.2, 0.25) is 11.8 Å². The second-order valence-corrected chi connectivity index (χ2v) is 12.8. The number of fused-ring (bicyclic) bond motifs is 5. The monoisotopic (exact) mass is 642 g/mol. The Bertz CT molecular complexity index is 1830. The average Bonchev–Trinajstić information content (AvgIpc) is 3.76. The van der Waals surface area contributed by atoms with Crippen LogP contribution in [0.1, 0.15) is 34.3 Å². The largest absolute Gasteiger partial charge is 0.497 e. The zero-order valence-corrected chi connectivity index (χ0v) is 26.9. The summed E-state index contributed by atoms with van der Waals surface area (Å²) in [6.07, 6.45) is 0. The van der Waals surface area contributed by atoms with Crippen molar-refractivity contribution in [3.8, 4) is 11.5 Å². The second-order valence-electron chi connectivity index (χ2n) is 12.8. The summed E-state index contributed by atoms with van der Waals surface area (Å²) in [6, 6.07) is 26.0. The lowest BCUT2D eigenvalue weighted by Crippen LogP contribution is -2.50. The van der Waals surface area contributed by atoms with Crippen molar-refractivity contribution < 1.29 is 28.7 Å². The minimum atomic E-state index is -0.948. The van der Waals surface area contributed by atoms with Gasteiger partial charge in [0.25, 0.3) is 11.8 Å². The van der Waals surface area contributed by atoms with E-state index >= 15 is 0 Å². The lowest BCUT2D eigenvalue weighted by molar-refractivity contribution is -0.136. The summed E-state index contributed by atoms with van der Waals surface area (Å²) in [7, 11) is 3.16. The number of anilines is 2. The molecule has 0 aromatic heterocycles. The van der Waals surface area contributed by atoms with Crippen molar-refractivity contribution >= 4 is 35.0 Å². The van der Waals surface area contributed by atoms with Gasteiger partial charge in [0.15, 0.2) is 0 Å². The van der Waals surface area contributed by atoms with E-state index in [1.165, 1.54) is 9.80 Å². The lowest BCUT2D eigenvalue weighted by Gasteiger charge is -2.35. The smallest absolute Gasteiger partial charge is 0.253 e. The number of imide groups is 2. The first-order valence-corrected chi connectivity index (χ1v) is 16.0. The van der Waals surface area contributed by atoms with Gasteiger partial charge in [-0.15, -0.1) is 0 Å². The third-order valence-corrected chi connectivity index (χ3v) is 10.2. The third-order valence-electron chi connectivity index (χ3n) is 10.2. The molecule has 6 unspecified atom stereocenters. The number of ether oxygens (including phenoxy) is 2. The summed E-state index contributed by atoms with van der Waals surface area (Å²) < 4.78 is 10.9. The molecule has 4 aromatic rings. The first kappa shape index (κ1) is 30.0. The number of carbonyl (C=O) groups excluding carboxylic acids is 4. The van der Waals surface area contributed by atoms with Crippen LogP contribution < -0.4 is 19.3 Å². The molecule has 4 aromatic carbocycles. The molecule has 0 radical (unpaired) electrons. The molecule has 8 rings (SSSR count). The quantitative estimate of drug-likeness (QED) is 0.278. The SMILES string of the molecule is COc1ccc(C2C3C(=O)N(c4cccc(C)c4)C(=O)C3N3C(c4ccc(OC)cc4)C4C(=O)N(c5cccc(C)c5)C(=O)C4N23)cc1. The van der Waals surface area contributed by atoms with Gasteiger partial charge in [-0.3, -0.25) is 19.2 Å². The molecule has 48 heavy (non-hydrogen) atoms. The van der Waals surface area contributed by atoms with Crippen LogP contribution in [0.4, 0.5) is 11.4 Å². The predicted octanol–water partition coefficient (Wildman–Crippen LogP) is 4.77. The minimum absolute atomic E-state index is 0.344. The Hall–Kier alpha value is -5.32. The van der Waals surface area contributed by atoms with Crippen LogP contribution in [0.25, 0.3) is 0 Å². The zero-order chi connectivity index (χ0) is 33.4. The van der Waals surface area contributed by atoms with Crippen molar-refractivity contribution in [3.63, 3.8) is 0 Å². The van der Waals surface area contributed by atoms with Gasteiger partial charge < -0.3 is 9.47 Å². The van der Waals surface area contributed by atoms with E-state index in [0.29, 0.717) is 22.9 Å². The normalized spacial score (nSPS) is 26.7. The Morgan fingerprint density at radius 1 is 0.479 bits per heavy atom. The zero-order valence-electron chi connectivity index (χ0n) is 26.9. The Morgan fingerprint density at radius 3 is 1.19 bits per heavy atom. The fourth-order valence-electron chi connectivity index (χ4n) is 8.14. The second kappa shape index (κ2) is 11.1. The van der Waals surface area contributed by atoms with E-state index in [0.717, 1.165) is 22.3 Å². The number of aryl methyl sites for hydroxylation is 2. The van der Waals surface area contributed by atoms with Gasteiger partial charge in [-0.2, -0.15) is 0 Å². The molecule has 10 nitrogen and oxygen atoms in total. The highest BCUT2D eigenvalue weighted by atomic mass is 16.5. The molecular formula is C38H34N4O6. The van der Waals surface area contributed by atoms with Gasteiger partial charge >= 0.3 is 0 Å². The lowest BCUT2D eigenvalue weighted by atomic mass is 9.84. The molecule has 0 bridgehead atoms. The molecule has 4 aliphatic heterocycles. The summed E-state index contributed by atoms with van der Waals surface area (Å²) in [5.41, 5.74) is 4.30. The number of hydrogen-bond acceptors (Lipinski definition) is 8. The molecule has 242 valence electrons. The van der Waals surface area contributed by atoms with E-state index in [2.05, 4.69) is 0 Å². The molecule has 6 atom stereocenters. The highest BCUT2D eigenvalue weighted by molar-refractivity contribution is 6.26. The van der Waals surface area contributed by atoms with Crippen LogP contribution in [0.3, 0.4) is 0 Å². The number of methoxy groups -OCH3 is 2. The summed E-state index contributed by atoms with van der Waals surface area (Å²) >= 11 is 0. The molecule has 0 spiro atoms. The molecule has 4 fully saturated rings. The Labute approximate surface area is 278 Å². The summed E-state index contributed by atoms with van der Waals surface area (Å²) in [5, 5.41) is 3.74. The van der Waals surface area contributed by atoms with Gasteiger partial charge in [-0.1, -0.05) is 48.5 Å². The first-order chi connectivity index (χ1) is 23.2. The molecule has 0 aliphatic carbocycles. The Morgan fingerprint density at radius 2 is 0.854 bits per heavy atom. The van der Waals surface area contributed by atoms with Crippen LogP contribution in [-0.4, -0.2) is 59.9 Å². The summed E-state index contributed by atoms with van der Waals surface area (Å²) in [5.74, 6) is -1.88. The van der Waals surface area contributed by atoms with Gasteiger partial charge in [0.05, 0.1) is 49.5 Å². The molecule has 0 N–H and O–H groups in total. The van der Waals surface area contributed by atoms with Gasteiger partial charge in [-0.05, 0) is 84.6 Å². The Balaban J connectivity index is 1.33. The number of amides is 4. The average molecular weight is 643 g/mol. The van der Waals surface area contributed by atoms with Gasteiger partial charge in [0.1, 0.15) is 23.6 Å². The molecule has 4 saturated heterocycles. The van der Waals surface area contributed by atoms with Crippen LogP contribution in [0.2, 0.25) is 0 Å². The van der Waals surface area contributed by atoms with Crippen molar-refractivity contribution in [1.29, 1.82) is 0 Å². The van der Waals surface area contributed by atoms with Crippen molar-refractivity contribution in [2.75, 3.05) is 24.0 Å². The van der Waals surface area contributed by atoms with Crippen molar-refractivity contribution in [3.05, 3.63) is 119 Å². The molecule has 4 heterocycles. The molecule has 4 amide bonds. The van der Waals surface area contributed by atoms with Crippen LogP contribution in [0.15, 0.2) is 97.1 Å². The standard InChI is InChI=1S/C38H34N4O6/c1-21-7-5-9-25(19-21)39-35(43)29-31(23-11-15-27(47-3)16-12-23)42-34-30(36(44)40(38(34)46)26-10-6-8-22(2)20-26)32(41(42)33(29)37(39)45)24-13-17-28(48-4)18-14-24/h5-20,29-34H,1-4H3. The van der Waals surface area contributed by atoms with E-state index in [1.54, 1.807) is 26.4 Å². The fraction of sp³-hybridized carbons (Fsp3) is 0.263. The number of hydrogen-bond donors (Lipinski definition) is 0. The van der Waals surface area contributed by atoms with Crippen LogP contribution >= 0.6 is 0 Å². The summed E-state index contributed by atoms with van der Waals surface area (Å²) in [4.78, 5) is 61.0. The van der Waals surface area contributed by atoms with E-state index in [9.17, 15) is 19.2 Å². The molecule has 0 saturated carbocycles. The minimum Gasteiger partial charge on any atom is -0.497 e. The van der Waals surface area contributed by atoms with E-state index in [-0.39, 0.29) is 23.6 Å². The van der Waals surface area contributed by atoms with Gasteiger partial charge in [-0.25, -0.2) is 19.8 Å². The maximum absolute atomic E-state index is 14.6. The first-order valence-electron chi connectivity index (χ1n) is 16.0. The van der Waals surface area contributed by atoms with Crippen LogP contribution in [-0.2, 0) is 19.2 Å². The number of carbonyl (C=O) groups is 4. The molecule has 4 aliphatic rings. The van der Waals surface area contributed by atoms with E-state index < -0.39 is 36.0 Å². The molecule has 10 heteroatoms. The third kappa shape index (κ3) is 4.26. The highest BCUT2D eigenvalue weighted by Gasteiger charge is 2.73. The predicted molar refractivity (Wildman–Crippen MR) is 177 cm³/mol. The topological polar surface area (TPSA) is 99.7 Å². The Kier molecular flexibility index (Phi) is 6.97. The van der Waals surface area contributed by atoms with Gasteiger partial charge in [0, 0.05) is 0 Å². The maximum Gasteiger partial charge on any atom is 0.253 e.